The zero-order valence-corrected chi connectivity index (χ0v) is 12.0. The second kappa shape index (κ2) is 4.13. The largest absolute Gasteiger partial charge is 0.299 e. The molecule has 0 spiro atoms. The van der Waals surface area contributed by atoms with E-state index in [0.717, 1.165) is 16.0 Å². The van der Waals surface area contributed by atoms with Gasteiger partial charge in [-0.2, -0.15) is 10.1 Å². The van der Waals surface area contributed by atoms with Gasteiger partial charge in [0.15, 0.2) is 0 Å². The fourth-order valence-corrected chi connectivity index (χ4v) is 4.47. The third-order valence-electron chi connectivity index (χ3n) is 5.30. The number of ketones is 1. The molecule has 1 N–H and O–H groups in total. The summed E-state index contributed by atoms with van der Waals surface area (Å²) >= 11 is 0. The molecule has 23 heavy (non-hydrogen) atoms. The molecule has 2 heterocycles. The van der Waals surface area contributed by atoms with Gasteiger partial charge in [-0.25, -0.2) is 10.00 Å². The van der Waals surface area contributed by atoms with Crippen LogP contribution >= 0.6 is 0 Å². The minimum absolute atomic E-state index is 0.0514. The summed E-state index contributed by atoms with van der Waals surface area (Å²) in [7, 11) is 0. The van der Waals surface area contributed by atoms with Crippen molar-refractivity contribution in [3.8, 4) is 0 Å². The molecule has 2 bridgehead atoms. The highest BCUT2D eigenvalue weighted by Crippen LogP contribution is 2.57. The van der Waals surface area contributed by atoms with Crippen molar-refractivity contribution >= 4 is 23.5 Å². The summed E-state index contributed by atoms with van der Waals surface area (Å²) in [5.74, 6) is -2.30. The maximum absolute atomic E-state index is 12.9. The normalized spacial score (nSPS) is 31.5. The Hall–Kier alpha value is -2.83. The molecule has 4 atom stereocenters. The maximum atomic E-state index is 12.9. The highest BCUT2D eigenvalue weighted by atomic mass is 16.2. The van der Waals surface area contributed by atoms with Crippen molar-refractivity contribution < 1.29 is 14.4 Å². The number of H-pyrrole nitrogens is 1. The van der Waals surface area contributed by atoms with Crippen molar-refractivity contribution in [1.82, 2.24) is 15.2 Å². The van der Waals surface area contributed by atoms with E-state index in [1.165, 1.54) is 6.33 Å². The highest BCUT2D eigenvalue weighted by Gasteiger charge is 2.63. The number of nitrogens with one attached hydrogen (secondary N) is 1. The number of rotatable bonds is 1. The van der Waals surface area contributed by atoms with Crippen LogP contribution in [0, 0.1) is 11.8 Å². The van der Waals surface area contributed by atoms with Crippen LogP contribution in [0.4, 0.5) is 5.95 Å². The molecule has 0 radical (unpaired) electrons. The highest BCUT2D eigenvalue weighted by molar-refractivity contribution is 6.23. The predicted molar refractivity (Wildman–Crippen MR) is 77.4 cm³/mol. The summed E-state index contributed by atoms with van der Waals surface area (Å²) in [5.41, 5.74) is 1.93. The Bertz CT molecular complexity index is 860. The smallest absolute Gasteiger partial charge is 0.241 e. The van der Waals surface area contributed by atoms with Crippen LogP contribution in [-0.2, 0) is 14.4 Å². The Balaban J connectivity index is 1.69. The Labute approximate surface area is 130 Å². The topological polar surface area (TPSA) is 96.0 Å². The molecule has 1 aliphatic heterocycles. The van der Waals surface area contributed by atoms with Crippen LogP contribution in [0.15, 0.2) is 30.6 Å². The Morgan fingerprint density at radius 2 is 1.78 bits per heavy atom. The molecule has 2 aromatic rings. The van der Waals surface area contributed by atoms with Gasteiger partial charge >= 0.3 is 0 Å². The first-order chi connectivity index (χ1) is 11.2. The van der Waals surface area contributed by atoms with Crippen LogP contribution in [0.3, 0.4) is 0 Å². The lowest BCUT2D eigenvalue weighted by Gasteiger charge is -2.43. The van der Waals surface area contributed by atoms with Gasteiger partial charge < -0.3 is 0 Å². The second-order valence-electron chi connectivity index (χ2n) is 6.26. The number of amides is 2. The molecular formula is C16H12N4O3. The molecule has 3 aliphatic carbocycles. The molecule has 6 rings (SSSR count). The van der Waals surface area contributed by atoms with E-state index < -0.39 is 17.8 Å². The second-order valence-corrected chi connectivity index (χ2v) is 6.26. The molecule has 0 unspecified atom stereocenters. The quantitative estimate of drug-likeness (QED) is 0.785. The number of nitrogens with zero attached hydrogens (tertiary/aromatic N) is 3. The van der Waals surface area contributed by atoms with Gasteiger partial charge in [-0.3, -0.25) is 14.4 Å². The van der Waals surface area contributed by atoms with Crippen molar-refractivity contribution in [2.24, 2.45) is 11.8 Å². The van der Waals surface area contributed by atoms with Crippen LogP contribution in [0.1, 0.15) is 29.4 Å². The molecular weight excluding hydrogens is 296 g/mol. The standard InChI is InChI=1S/C16H12N4O3/c21-10-5-9-7-3-1-2-4-8(7)11(10)13-12(9)14(22)20(15(13)23)16-17-6-18-19-16/h1-4,6,9,11-13H,5H2,(H,17,18,19)/t9-,11+,12-,13+/m0/s1. The van der Waals surface area contributed by atoms with Gasteiger partial charge in [0.1, 0.15) is 12.1 Å². The maximum Gasteiger partial charge on any atom is 0.241 e. The Morgan fingerprint density at radius 3 is 2.52 bits per heavy atom. The number of Topliss-reactive ketones (excluding diaryl/α,β-unsaturated/α-hetero) is 1. The average Bonchev–Trinajstić information content (AvgIpc) is 3.16. The van der Waals surface area contributed by atoms with Crippen molar-refractivity contribution in [1.29, 1.82) is 0 Å². The van der Waals surface area contributed by atoms with E-state index in [1.54, 1.807) is 0 Å². The van der Waals surface area contributed by atoms with Crippen molar-refractivity contribution in [3.05, 3.63) is 41.7 Å². The molecule has 2 amide bonds. The number of benzene rings is 1. The van der Waals surface area contributed by atoms with E-state index in [9.17, 15) is 14.4 Å². The van der Waals surface area contributed by atoms with Gasteiger partial charge in [0.25, 0.3) is 0 Å². The first kappa shape index (κ1) is 12.7. The van der Waals surface area contributed by atoms with E-state index in [4.69, 9.17) is 0 Å². The molecule has 7 heteroatoms. The van der Waals surface area contributed by atoms with E-state index >= 15 is 0 Å². The fourth-order valence-electron chi connectivity index (χ4n) is 4.47. The van der Waals surface area contributed by atoms with Crippen molar-refractivity contribution in [3.63, 3.8) is 0 Å². The zero-order chi connectivity index (χ0) is 15.7. The van der Waals surface area contributed by atoms with Gasteiger partial charge in [0.2, 0.25) is 17.8 Å². The third kappa shape index (κ3) is 1.42. The summed E-state index contributed by atoms with van der Waals surface area (Å²) in [6, 6.07) is 7.64. The molecule has 1 aromatic carbocycles. The summed E-state index contributed by atoms with van der Waals surface area (Å²) in [6.07, 6.45) is 1.58. The van der Waals surface area contributed by atoms with Crippen LogP contribution in [0.2, 0.25) is 0 Å². The van der Waals surface area contributed by atoms with E-state index in [-0.39, 0.29) is 29.5 Å². The van der Waals surface area contributed by atoms with Gasteiger partial charge in [-0.15, -0.1) is 0 Å². The number of imide groups is 1. The van der Waals surface area contributed by atoms with Gasteiger partial charge in [-0.05, 0) is 11.1 Å². The number of anilines is 1. The van der Waals surface area contributed by atoms with Gasteiger partial charge in [0.05, 0.1) is 17.8 Å². The van der Waals surface area contributed by atoms with Crippen LogP contribution in [0.25, 0.3) is 0 Å². The van der Waals surface area contributed by atoms with Crippen molar-refractivity contribution in [2.75, 3.05) is 4.90 Å². The third-order valence-corrected chi connectivity index (χ3v) is 5.30. The lowest BCUT2D eigenvalue weighted by atomic mass is 9.56. The van der Waals surface area contributed by atoms with Crippen LogP contribution in [-0.4, -0.2) is 32.8 Å². The van der Waals surface area contributed by atoms with Gasteiger partial charge in [-0.1, -0.05) is 24.3 Å². The molecule has 1 saturated carbocycles. The number of carbonyl (C=O) groups excluding carboxylic acids is 3. The first-order valence-corrected chi connectivity index (χ1v) is 7.53. The SMILES string of the molecule is O=C1C[C@H]2c3ccccc3[C@H]1[C@H]1C(=O)N(c3ncn[nH]3)C(=O)[C@H]12. The Kier molecular flexibility index (Phi) is 2.28. The molecule has 1 aromatic heterocycles. The lowest BCUT2D eigenvalue weighted by Crippen LogP contribution is -2.44. The average molecular weight is 308 g/mol. The van der Waals surface area contributed by atoms with E-state index in [0.29, 0.717) is 6.42 Å². The minimum Gasteiger partial charge on any atom is -0.299 e. The number of aromatic nitrogens is 3. The first-order valence-electron chi connectivity index (χ1n) is 7.53. The summed E-state index contributed by atoms with van der Waals surface area (Å²) < 4.78 is 0. The minimum atomic E-state index is -0.617. The van der Waals surface area contributed by atoms with Crippen molar-refractivity contribution in [2.45, 2.75) is 18.3 Å². The Morgan fingerprint density at radius 1 is 1.04 bits per heavy atom. The number of hydrogen-bond donors (Lipinski definition) is 1. The summed E-state index contributed by atoms with van der Waals surface area (Å²) in [4.78, 5) is 43.2. The summed E-state index contributed by atoms with van der Waals surface area (Å²) in [6.45, 7) is 0. The molecule has 4 aliphatic rings. The molecule has 2 fully saturated rings. The summed E-state index contributed by atoms with van der Waals surface area (Å²) in [5, 5.41) is 6.28. The van der Waals surface area contributed by atoms with Crippen LogP contribution < -0.4 is 4.90 Å². The van der Waals surface area contributed by atoms with Gasteiger partial charge in [0, 0.05) is 12.3 Å². The number of carbonyl (C=O) groups is 3. The molecule has 7 nitrogen and oxygen atoms in total. The van der Waals surface area contributed by atoms with E-state index in [2.05, 4.69) is 15.2 Å². The molecule has 114 valence electrons. The predicted octanol–water partition coefficient (Wildman–Crippen LogP) is 0.764. The number of aromatic amines is 1. The lowest BCUT2D eigenvalue weighted by molar-refractivity contribution is -0.134. The monoisotopic (exact) mass is 308 g/mol. The van der Waals surface area contributed by atoms with Crippen LogP contribution in [0.5, 0.6) is 0 Å². The molecule has 1 saturated heterocycles. The van der Waals surface area contributed by atoms with E-state index in [1.807, 2.05) is 24.3 Å². The zero-order valence-electron chi connectivity index (χ0n) is 12.0. The number of fused-ring (bicyclic) bond motifs is 1. The number of hydrogen-bond acceptors (Lipinski definition) is 5. The fraction of sp³-hybridized carbons (Fsp3) is 0.312.